The summed E-state index contributed by atoms with van der Waals surface area (Å²) >= 11 is 0. The van der Waals surface area contributed by atoms with Gasteiger partial charge in [0.05, 0.1) is 6.54 Å². The number of hydrogen-bond donors (Lipinski definition) is 0. The van der Waals surface area contributed by atoms with Gasteiger partial charge in [0.1, 0.15) is 18.2 Å². The average molecular weight is 378 g/mol. The van der Waals surface area contributed by atoms with Crippen LogP contribution in [0, 0.1) is 0 Å². The number of aryl methyl sites for hydroxylation is 1. The topological polar surface area (TPSA) is 68.8 Å². The number of likely N-dealkylation sites (tertiary alicyclic amines) is 1. The minimum absolute atomic E-state index is 0.155. The van der Waals surface area contributed by atoms with Crippen LogP contribution in [0.15, 0.2) is 49.3 Å². The SMILES string of the molecule is CCc1nccn1CC(=O)N1CCC[C@H](c2nccn2Cc2cccnc2)C1. The fourth-order valence-corrected chi connectivity index (χ4v) is 3.96. The summed E-state index contributed by atoms with van der Waals surface area (Å²) in [6, 6.07) is 4.03. The van der Waals surface area contributed by atoms with E-state index in [0.717, 1.165) is 56.1 Å². The predicted octanol–water partition coefficient (Wildman–Crippen LogP) is 2.49. The number of piperidine rings is 1. The zero-order valence-electron chi connectivity index (χ0n) is 16.2. The highest BCUT2D eigenvalue weighted by Crippen LogP contribution is 2.26. The van der Waals surface area contributed by atoms with Gasteiger partial charge in [-0.1, -0.05) is 13.0 Å². The Labute approximate surface area is 165 Å². The monoisotopic (exact) mass is 378 g/mol. The van der Waals surface area contributed by atoms with Gasteiger partial charge >= 0.3 is 0 Å². The molecule has 1 aliphatic rings. The molecule has 0 aliphatic carbocycles. The van der Waals surface area contributed by atoms with Gasteiger partial charge in [-0.05, 0) is 24.5 Å². The Hall–Kier alpha value is -2.96. The average Bonchev–Trinajstić information content (AvgIpc) is 3.38. The van der Waals surface area contributed by atoms with Crippen molar-refractivity contribution in [1.82, 2.24) is 29.0 Å². The molecule has 1 saturated heterocycles. The Kier molecular flexibility index (Phi) is 5.50. The quantitative estimate of drug-likeness (QED) is 0.661. The van der Waals surface area contributed by atoms with E-state index in [1.165, 1.54) is 0 Å². The third kappa shape index (κ3) is 3.98. The van der Waals surface area contributed by atoms with Crippen LogP contribution in [0.5, 0.6) is 0 Å². The summed E-state index contributed by atoms with van der Waals surface area (Å²) in [5, 5.41) is 0. The lowest BCUT2D eigenvalue weighted by atomic mass is 9.97. The number of amides is 1. The smallest absolute Gasteiger partial charge is 0.242 e. The second-order valence-corrected chi connectivity index (χ2v) is 7.28. The number of carbonyl (C=O) groups is 1. The molecule has 4 heterocycles. The molecule has 7 heteroatoms. The molecule has 1 atom stereocenters. The van der Waals surface area contributed by atoms with Gasteiger partial charge in [-0.15, -0.1) is 0 Å². The highest BCUT2D eigenvalue weighted by Gasteiger charge is 2.27. The van der Waals surface area contributed by atoms with Crippen molar-refractivity contribution in [2.24, 2.45) is 0 Å². The highest BCUT2D eigenvalue weighted by molar-refractivity contribution is 5.76. The molecule has 0 bridgehead atoms. The molecule has 1 aliphatic heterocycles. The molecular formula is C21H26N6O. The fourth-order valence-electron chi connectivity index (χ4n) is 3.96. The van der Waals surface area contributed by atoms with Crippen LogP contribution < -0.4 is 0 Å². The number of imidazole rings is 2. The maximum Gasteiger partial charge on any atom is 0.242 e. The second-order valence-electron chi connectivity index (χ2n) is 7.28. The molecule has 1 fully saturated rings. The van der Waals surface area contributed by atoms with E-state index in [1.54, 1.807) is 12.4 Å². The van der Waals surface area contributed by atoms with E-state index < -0.39 is 0 Å². The normalized spacial score (nSPS) is 17.0. The van der Waals surface area contributed by atoms with Crippen LogP contribution in [-0.2, 0) is 24.3 Å². The summed E-state index contributed by atoms with van der Waals surface area (Å²) in [5.74, 6) is 2.42. The van der Waals surface area contributed by atoms with Gasteiger partial charge in [-0.2, -0.15) is 0 Å². The molecule has 3 aromatic rings. The van der Waals surface area contributed by atoms with E-state index in [4.69, 9.17) is 0 Å². The molecule has 0 radical (unpaired) electrons. The van der Waals surface area contributed by atoms with Crippen LogP contribution >= 0.6 is 0 Å². The van der Waals surface area contributed by atoms with Gasteiger partial charge in [-0.25, -0.2) is 9.97 Å². The number of hydrogen-bond acceptors (Lipinski definition) is 4. The predicted molar refractivity (Wildman–Crippen MR) is 106 cm³/mol. The molecule has 7 nitrogen and oxygen atoms in total. The summed E-state index contributed by atoms with van der Waals surface area (Å²) in [7, 11) is 0. The van der Waals surface area contributed by atoms with Gasteiger partial charge < -0.3 is 14.0 Å². The fraction of sp³-hybridized carbons (Fsp3) is 0.429. The van der Waals surface area contributed by atoms with Crippen molar-refractivity contribution in [2.75, 3.05) is 13.1 Å². The first-order valence-electron chi connectivity index (χ1n) is 9.92. The van der Waals surface area contributed by atoms with Gasteiger partial charge in [-0.3, -0.25) is 9.78 Å². The number of carbonyl (C=O) groups excluding carboxylic acids is 1. The lowest BCUT2D eigenvalue weighted by Gasteiger charge is -2.33. The first-order chi connectivity index (χ1) is 13.7. The number of rotatable bonds is 6. The molecule has 0 spiro atoms. The van der Waals surface area contributed by atoms with Crippen LogP contribution in [0.3, 0.4) is 0 Å². The van der Waals surface area contributed by atoms with E-state index in [0.29, 0.717) is 6.54 Å². The molecule has 0 saturated carbocycles. The van der Waals surface area contributed by atoms with Crippen LogP contribution in [0.25, 0.3) is 0 Å². The Morgan fingerprint density at radius 1 is 1.18 bits per heavy atom. The van der Waals surface area contributed by atoms with Gasteiger partial charge in [0.25, 0.3) is 0 Å². The second kappa shape index (κ2) is 8.37. The van der Waals surface area contributed by atoms with E-state index in [2.05, 4.69) is 32.5 Å². The van der Waals surface area contributed by atoms with Crippen molar-refractivity contribution < 1.29 is 4.79 Å². The van der Waals surface area contributed by atoms with Crippen LogP contribution in [0.1, 0.15) is 42.9 Å². The summed E-state index contributed by atoms with van der Waals surface area (Å²) < 4.78 is 4.13. The molecular weight excluding hydrogens is 352 g/mol. The third-order valence-electron chi connectivity index (χ3n) is 5.39. The lowest BCUT2D eigenvalue weighted by Crippen LogP contribution is -2.41. The molecule has 0 N–H and O–H groups in total. The standard InChI is InChI=1S/C21H26N6O/c1-2-19-23-8-11-25(19)16-20(28)26-10-4-6-18(15-26)21-24-9-12-27(21)14-17-5-3-7-22-13-17/h3,5,7-9,11-13,18H,2,4,6,10,14-16H2,1H3/t18-/m0/s1. The Morgan fingerprint density at radius 2 is 2.04 bits per heavy atom. The molecule has 3 aromatic heterocycles. The summed E-state index contributed by atoms with van der Waals surface area (Å²) in [6.45, 7) is 4.71. The molecule has 0 aromatic carbocycles. The van der Waals surface area contributed by atoms with E-state index in [-0.39, 0.29) is 11.8 Å². The summed E-state index contributed by atoms with van der Waals surface area (Å²) in [6.07, 6.45) is 14.1. The first kappa shape index (κ1) is 18.4. The van der Waals surface area contributed by atoms with E-state index >= 15 is 0 Å². The summed E-state index contributed by atoms with van der Waals surface area (Å²) in [5.41, 5.74) is 1.15. The third-order valence-corrected chi connectivity index (χ3v) is 5.39. The summed E-state index contributed by atoms with van der Waals surface area (Å²) in [4.78, 5) is 28.0. The lowest BCUT2D eigenvalue weighted by molar-refractivity contribution is -0.133. The molecule has 0 unspecified atom stereocenters. The van der Waals surface area contributed by atoms with Crippen LogP contribution in [0.2, 0.25) is 0 Å². The van der Waals surface area contributed by atoms with Crippen molar-refractivity contribution in [3.63, 3.8) is 0 Å². The molecule has 4 rings (SSSR count). The Bertz CT molecular complexity index is 916. The maximum absolute atomic E-state index is 12.9. The van der Waals surface area contributed by atoms with Crippen molar-refractivity contribution in [3.05, 3.63) is 66.5 Å². The van der Waals surface area contributed by atoms with Crippen molar-refractivity contribution in [1.29, 1.82) is 0 Å². The number of pyridine rings is 1. The van der Waals surface area contributed by atoms with Crippen molar-refractivity contribution >= 4 is 5.91 Å². The Balaban J connectivity index is 1.44. The van der Waals surface area contributed by atoms with Gasteiger partial charge in [0.15, 0.2) is 0 Å². The number of nitrogens with zero attached hydrogens (tertiary/aromatic N) is 6. The zero-order chi connectivity index (χ0) is 19.3. The molecule has 1 amide bonds. The van der Waals surface area contributed by atoms with Crippen molar-refractivity contribution in [3.8, 4) is 0 Å². The van der Waals surface area contributed by atoms with Crippen molar-refractivity contribution in [2.45, 2.75) is 45.2 Å². The maximum atomic E-state index is 12.9. The number of aromatic nitrogens is 5. The molecule has 28 heavy (non-hydrogen) atoms. The largest absolute Gasteiger partial charge is 0.340 e. The van der Waals surface area contributed by atoms with E-state index in [1.807, 2.05) is 40.3 Å². The minimum Gasteiger partial charge on any atom is -0.340 e. The first-order valence-corrected chi connectivity index (χ1v) is 9.92. The minimum atomic E-state index is 0.155. The zero-order valence-corrected chi connectivity index (χ0v) is 16.2. The van der Waals surface area contributed by atoms with Gasteiger partial charge in [0, 0.05) is 62.6 Å². The Morgan fingerprint density at radius 3 is 2.86 bits per heavy atom. The van der Waals surface area contributed by atoms with Crippen LogP contribution in [-0.4, -0.2) is 48.0 Å². The molecule has 146 valence electrons. The van der Waals surface area contributed by atoms with E-state index in [9.17, 15) is 4.79 Å². The highest BCUT2D eigenvalue weighted by atomic mass is 16.2. The van der Waals surface area contributed by atoms with Gasteiger partial charge in [0.2, 0.25) is 5.91 Å². The van der Waals surface area contributed by atoms with Crippen LogP contribution in [0.4, 0.5) is 0 Å².